The number of carbonyl (C=O) groups is 1. The Morgan fingerprint density at radius 2 is 1.37 bits per heavy atom. The molecule has 0 fully saturated rings. The molecule has 30 heavy (non-hydrogen) atoms. The molecule has 0 aliphatic carbocycles. The van der Waals surface area contributed by atoms with Crippen molar-refractivity contribution in [2.24, 2.45) is 0 Å². The van der Waals surface area contributed by atoms with Gasteiger partial charge < -0.3 is 25.7 Å². The number of hydrogen-bond acceptors (Lipinski definition) is 5. The fourth-order valence-electron chi connectivity index (χ4n) is 3.38. The number of aliphatic hydroxyl groups is 4. The molecule has 1 amide bonds. The van der Waals surface area contributed by atoms with Crippen molar-refractivity contribution in [3.63, 3.8) is 0 Å². The highest BCUT2D eigenvalue weighted by Gasteiger charge is 2.28. The van der Waals surface area contributed by atoms with Gasteiger partial charge >= 0.3 is 0 Å². The van der Waals surface area contributed by atoms with E-state index in [0.29, 0.717) is 12.8 Å². The summed E-state index contributed by atoms with van der Waals surface area (Å²) in [5.41, 5.74) is 0. The van der Waals surface area contributed by atoms with Crippen molar-refractivity contribution in [3.05, 3.63) is 12.2 Å². The van der Waals surface area contributed by atoms with E-state index in [4.69, 9.17) is 0 Å². The number of amides is 1. The summed E-state index contributed by atoms with van der Waals surface area (Å²) in [6, 6.07) is -0.981. The second-order valence-corrected chi connectivity index (χ2v) is 8.33. The van der Waals surface area contributed by atoms with Gasteiger partial charge in [-0.3, -0.25) is 4.79 Å². The van der Waals surface area contributed by atoms with Crippen LogP contribution in [0.5, 0.6) is 0 Å². The highest BCUT2D eigenvalue weighted by atomic mass is 16.3. The topological polar surface area (TPSA) is 110 Å². The van der Waals surface area contributed by atoms with Gasteiger partial charge in [0.05, 0.1) is 18.8 Å². The maximum absolute atomic E-state index is 12.2. The summed E-state index contributed by atoms with van der Waals surface area (Å²) < 4.78 is 0. The minimum absolute atomic E-state index is 0.347. The molecule has 0 saturated carbocycles. The number of carbonyl (C=O) groups excluding carboxylic acids is 1. The van der Waals surface area contributed by atoms with Crippen LogP contribution in [-0.4, -0.2) is 57.3 Å². The van der Waals surface area contributed by atoms with Crippen LogP contribution in [0.2, 0.25) is 0 Å². The SMILES string of the molecule is CCCC/C=C\CCCCCC(O)C(=O)NC(CO)C(O)C(O)CCCCCCC. The Morgan fingerprint density at radius 1 is 0.800 bits per heavy atom. The molecule has 0 heterocycles. The van der Waals surface area contributed by atoms with E-state index in [0.717, 1.165) is 64.2 Å². The zero-order chi connectivity index (χ0) is 22.6. The van der Waals surface area contributed by atoms with Crippen molar-refractivity contribution in [2.45, 2.75) is 128 Å². The number of allylic oxidation sites excluding steroid dienone is 2. The highest BCUT2D eigenvalue weighted by Crippen LogP contribution is 2.12. The van der Waals surface area contributed by atoms with E-state index >= 15 is 0 Å². The van der Waals surface area contributed by atoms with Crippen LogP contribution in [0.1, 0.15) is 104 Å². The molecule has 178 valence electrons. The third-order valence-corrected chi connectivity index (χ3v) is 5.48. The van der Waals surface area contributed by atoms with E-state index in [-0.39, 0.29) is 0 Å². The molecule has 0 aliphatic rings. The van der Waals surface area contributed by atoms with E-state index < -0.39 is 36.9 Å². The van der Waals surface area contributed by atoms with Crippen LogP contribution >= 0.6 is 0 Å². The van der Waals surface area contributed by atoms with E-state index in [2.05, 4.69) is 31.3 Å². The first kappa shape index (κ1) is 29.1. The van der Waals surface area contributed by atoms with Crippen molar-refractivity contribution in [1.29, 1.82) is 0 Å². The van der Waals surface area contributed by atoms with Gasteiger partial charge in [-0.1, -0.05) is 83.8 Å². The number of unbranched alkanes of at least 4 members (excludes halogenated alkanes) is 9. The molecule has 4 unspecified atom stereocenters. The quantitative estimate of drug-likeness (QED) is 0.150. The van der Waals surface area contributed by atoms with Gasteiger partial charge in [-0.05, 0) is 32.1 Å². The van der Waals surface area contributed by atoms with Crippen LogP contribution < -0.4 is 5.32 Å². The average molecular weight is 430 g/mol. The zero-order valence-corrected chi connectivity index (χ0v) is 19.3. The molecule has 0 radical (unpaired) electrons. The monoisotopic (exact) mass is 429 g/mol. The van der Waals surface area contributed by atoms with Crippen molar-refractivity contribution < 1.29 is 25.2 Å². The van der Waals surface area contributed by atoms with Crippen LogP contribution in [0.4, 0.5) is 0 Å². The first-order valence-electron chi connectivity index (χ1n) is 12.1. The first-order chi connectivity index (χ1) is 14.5. The second-order valence-electron chi connectivity index (χ2n) is 8.33. The predicted octanol–water partition coefficient (Wildman–Crippen LogP) is 3.60. The van der Waals surface area contributed by atoms with Crippen molar-refractivity contribution >= 4 is 5.91 Å². The van der Waals surface area contributed by atoms with E-state index in [1.807, 2.05) is 0 Å². The molecule has 0 aromatic rings. The van der Waals surface area contributed by atoms with Crippen molar-refractivity contribution in [3.8, 4) is 0 Å². The van der Waals surface area contributed by atoms with Gasteiger partial charge in [0.25, 0.3) is 0 Å². The number of aliphatic hydroxyl groups excluding tert-OH is 4. The van der Waals surface area contributed by atoms with E-state index in [9.17, 15) is 25.2 Å². The second kappa shape index (κ2) is 20.0. The van der Waals surface area contributed by atoms with E-state index in [1.165, 1.54) is 12.8 Å². The van der Waals surface area contributed by atoms with Gasteiger partial charge in [-0.15, -0.1) is 0 Å². The summed E-state index contributed by atoms with van der Waals surface area (Å²) in [4.78, 5) is 12.2. The molecule has 6 heteroatoms. The van der Waals surface area contributed by atoms with Gasteiger partial charge in [0, 0.05) is 0 Å². The van der Waals surface area contributed by atoms with Gasteiger partial charge in [-0.25, -0.2) is 0 Å². The minimum Gasteiger partial charge on any atom is -0.394 e. The summed E-state index contributed by atoms with van der Waals surface area (Å²) >= 11 is 0. The van der Waals surface area contributed by atoms with Gasteiger partial charge in [0.15, 0.2) is 0 Å². The zero-order valence-electron chi connectivity index (χ0n) is 19.3. The van der Waals surface area contributed by atoms with Gasteiger partial charge in [-0.2, -0.15) is 0 Å². The molecule has 6 nitrogen and oxygen atoms in total. The first-order valence-corrected chi connectivity index (χ1v) is 12.1. The molecule has 0 rings (SSSR count). The number of rotatable bonds is 20. The number of hydrogen-bond donors (Lipinski definition) is 5. The summed E-state index contributed by atoms with van der Waals surface area (Å²) in [5, 5.41) is 42.4. The Morgan fingerprint density at radius 3 is 2.00 bits per heavy atom. The maximum Gasteiger partial charge on any atom is 0.249 e. The highest BCUT2D eigenvalue weighted by molar-refractivity contribution is 5.80. The lowest BCUT2D eigenvalue weighted by atomic mass is 9.99. The minimum atomic E-state index is -1.25. The lowest BCUT2D eigenvalue weighted by Crippen LogP contribution is -2.53. The van der Waals surface area contributed by atoms with Crippen molar-refractivity contribution in [1.82, 2.24) is 5.32 Å². The molecule has 0 aromatic heterocycles. The summed E-state index contributed by atoms with van der Waals surface area (Å²) in [6.45, 7) is 3.82. The van der Waals surface area contributed by atoms with Gasteiger partial charge in [0.2, 0.25) is 5.91 Å². The summed E-state index contributed by atoms with van der Waals surface area (Å²) in [5.74, 6) is -0.609. The normalized spacial score (nSPS) is 15.8. The third kappa shape index (κ3) is 14.9. The Hall–Kier alpha value is -0.950. The predicted molar refractivity (Wildman–Crippen MR) is 122 cm³/mol. The van der Waals surface area contributed by atoms with Crippen LogP contribution in [0.15, 0.2) is 12.2 Å². The van der Waals surface area contributed by atoms with Crippen LogP contribution in [0.3, 0.4) is 0 Å². The molecule has 4 atom stereocenters. The summed E-state index contributed by atoms with van der Waals surface area (Å²) in [7, 11) is 0. The molecule has 0 saturated heterocycles. The van der Waals surface area contributed by atoms with Crippen molar-refractivity contribution in [2.75, 3.05) is 6.61 Å². The van der Waals surface area contributed by atoms with Gasteiger partial charge in [0.1, 0.15) is 12.2 Å². The molecular formula is C24H47NO5. The Kier molecular flexibility index (Phi) is 19.3. The summed E-state index contributed by atoms with van der Waals surface area (Å²) in [6.07, 6.45) is 14.2. The lowest BCUT2D eigenvalue weighted by Gasteiger charge is -2.27. The fraction of sp³-hybridized carbons (Fsp3) is 0.875. The standard InChI is InChI=1S/C24H47NO5/c1-3-5-7-9-10-11-12-14-16-18-22(28)24(30)25-20(19-26)23(29)21(27)17-15-13-8-6-4-2/h9-10,20-23,26-29H,3-8,11-19H2,1-2H3,(H,25,30)/b10-9-. The van der Waals surface area contributed by atoms with Crippen LogP contribution in [0, 0.1) is 0 Å². The largest absolute Gasteiger partial charge is 0.394 e. The Labute approximate surface area is 183 Å². The third-order valence-electron chi connectivity index (χ3n) is 5.48. The fourth-order valence-corrected chi connectivity index (χ4v) is 3.38. The number of nitrogens with one attached hydrogen (secondary N) is 1. The van der Waals surface area contributed by atoms with Crippen LogP contribution in [-0.2, 0) is 4.79 Å². The lowest BCUT2D eigenvalue weighted by molar-refractivity contribution is -0.132. The molecule has 5 N–H and O–H groups in total. The Bertz CT molecular complexity index is 430. The Balaban J connectivity index is 4.07. The molecular weight excluding hydrogens is 382 g/mol. The molecule has 0 spiro atoms. The van der Waals surface area contributed by atoms with E-state index in [1.54, 1.807) is 0 Å². The average Bonchev–Trinajstić information content (AvgIpc) is 2.75. The maximum atomic E-state index is 12.2. The molecule has 0 bridgehead atoms. The molecule has 0 aromatic carbocycles. The smallest absolute Gasteiger partial charge is 0.249 e. The van der Waals surface area contributed by atoms with Crippen LogP contribution in [0.25, 0.3) is 0 Å². The molecule has 0 aliphatic heterocycles.